The van der Waals surface area contributed by atoms with Gasteiger partial charge < -0.3 is 4.42 Å². The first-order chi connectivity index (χ1) is 22.8. The Balaban J connectivity index is 1.21. The number of rotatable bonds is 5. The summed E-state index contributed by atoms with van der Waals surface area (Å²) in [6.45, 7) is 0. The van der Waals surface area contributed by atoms with Crippen molar-refractivity contribution in [2.45, 2.75) is 0 Å². The maximum Gasteiger partial charge on any atom is 0.167 e. The minimum absolute atomic E-state index is 0.562. The minimum Gasteiger partial charge on any atom is -0.455 e. The van der Waals surface area contributed by atoms with Crippen molar-refractivity contribution in [3.8, 4) is 55.9 Å². The summed E-state index contributed by atoms with van der Waals surface area (Å²) in [7, 11) is 0. The molecular formula is C40H24N4OS. The fourth-order valence-electron chi connectivity index (χ4n) is 5.94. The minimum atomic E-state index is 0.562. The summed E-state index contributed by atoms with van der Waals surface area (Å²) < 4.78 is 7.91. The van der Waals surface area contributed by atoms with Gasteiger partial charge in [-0.3, -0.25) is 0 Å². The monoisotopic (exact) mass is 608 g/mol. The van der Waals surface area contributed by atoms with Gasteiger partial charge in [0, 0.05) is 21.9 Å². The second kappa shape index (κ2) is 10.9. The third-order valence-corrected chi connectivity index (χ3v) is 9.24. The Hall–Kier alpha value is -5.98. The van der Waals surface area contributed by atoms with Crippen molar-refractivity contribution in [1.82, 2.24) is 19.9 Å². The molecule has 6 heteroatoms. The molecule has 0 aliphatic carbocycles. The Labute approximate surface area is 268 Å². The highest BCUT2D eigenvalue weighted by Gasteiger charge is 2.20. The van der Waals surface area contributed by atoms with Gasteiger partial charge in [-0.2, -0.15) is 0 Å². The predicted octanol–water partition coefficient (Wildman–Crippen LogP) is 10.7. The van der Waals surface area contributed by atoms with Gasteiger partial charge in [0.05, 0.1) is 21.3 Å². The van der Waals surface area contributed by atoms with Crippen LogP contribution in [0, 0.1) is 0 Å². The molecule has 9 aromatic rings. The largest absolute Gasteiger partial charge is 0.455 e. The molecule has 216 valence electrons. The van der Waals surface area contributed by atoms with Crippen LogP contribution in [0.1, 0.15) is 0 Å². The fraction of sp³-hybridized carbons (Fsp3) is 0. The molecule has 0 saturated heterocycles. The topological polar surface area (TPSA) is 64.7 Å². The van der Waals surface area contributed by atoms with Crippen molar-refractivity contribution < 1.29 is 4.42 Å². The number of fused-ring (bicyclic) bond motifs is 4. The van der Waals surface area contributed by atoms with Gasteiger partial charge >= 0.3 is 0 Å². The van der Waals surface area contributed by atoms with E-state index in [1.807, 2.05) is 78.9 Å². The lowest BCUT2D eigenvalue weighted by molar-refractivity contribution is 0.670. The van der Waals surface area contributed by atoms with E-state index in [2.05, 4.69) is 66.7 Å². The van der Waals surface area contributed by atoms with Crippen LogP contribution < -0.4 is 0 Å². The van der Waals surface area contributed by atoms with Crippen molar-refractivity contribution in [2.24, 2.45) is 0 Å². The van der Waals surface area contributed by atoms with Gasteiger partial charge in [0.25, 0.3) is 0 Å². The molecule has 0 amide bonds. The average Bonchev–Trinajstić information content (AvgIpc) is 3.74. The summed E-state index contributed by atoms with van der Waals surface area (Å²) in [5, 5.41) is 2.95. The third-order valence-electron chi connectivity index (χ3n) is 8.19. The van der Waals surface area contributed by atoms with E-state index >= 15 is 0 Å². The third kappa shape index (κ3) is 4.55. The molecule has 46 heavy (non-hydrogen) atoms. The molecule has 6 aromatic carbocycles. The molecule has 0 radical (unpaired) electrons. The van der Waals surface area contributed by atoms with Crippen LogP contribution in [0.15, 0.2) is 150 Å². The smallest absolute Gasteiger partial charge is 0.167 e. The molecule has 9 rings (SSSR count). The zero-order chi connectivity index (χ0) is 30.5. The summed E-state index contributed by atoms with van der Waals surface area (Å²) in [6, 6.07) is 49.3. The zero-order valence-electron chi connectivity index (χ0n) is 24.5. The molecular weight excluding hydrogens is 585 g/mol. The molecule has 0 bridgehead atoms. The molecule has 0 unspecified atom stereocenters. The van der Waals surface area contributed by atoms with Crippen LogP contribution in [0.5, 0.6) is 0 Å². The first-order valence-electron chi connectivity index (χ1n) is 15.1. The van der Waals surface area contributed by atoms with Crippen LogP contribution in [-0.2, 0) is 0 Å². The Bertz CT molecular complexity index is 2470. The first-order valence-corrected chi connectivity index (χ1v) is 15.9. The number of para-hydroxylation sites is 2. The Morgan fingerprint density at radius 2 is 0.957 bits per heavy atom. The number of thiazole rings is 1. The van der Waals surface area contributed by atoms with Gasteiger partial charge in [0.1, 0.15) is 16.2 Å². The van der Waals surface area contributed by atoms with Gasteiger partial charge in [-0.15, -0.1) is 11.3 Å². The zero-order valence-corrected chi connectivity index (χ0v) is 25.3. The van der Waals surface area contributed by atoms with Crippen molar-refractivity contribution in [3.05, 3.63) is 146 Å². The molecule has 3 heterocycles. The quantitative estimate of drug-likeness (QED) is 0.194. The first kappa shape index (κ1) is 26.4. The molecule has 0 fully saturated rings. The summed E-state index contributed by atoms with van der Waals surface area (Å²) in [6.07, 6.45) is 0. The number of aromatic nitrogens is 4. The normalized spacial score (nSPS) is 11.5. The standard InChI is InChI=1S/C40H24N4OS/c1-4-12-25(13-5-1)28-22-23-33-34(24-28)46-40(41-33)32-21-11-19-30-29-18-10-20-31(35(29)45-36(30)32)39-43-37(26-14-6-2-7-15-26)42-38(44-39)27-16-8-3-9-17-27/h1-24H. The van der Waals surface area contributed by atoms with Crippen LogP contribution >= 0.6 is 11.3 Å². The van der Waals surface area contributed by atoms with E-state index in [1.165, 1.54) is 11.1 Å². The molecule has 0 spiro atoms. The molecule has 0 aliphatic rings. The van der Waals surface area contributed by atoms with Gasteiger partial charge in [-0.1, -0.05) is 121 Å². The summed E-state index contributed by atoms with van der Waals surface area (Å²) in [5.41, 5.74) is 8.51. The lowest BCUT2D eigenvalue weighted by atomic mass is 10.1. The highest BCUT2D eigenvalue weighted by atomic mass is 32.1. The summed E-state index contributed by atoms with van der Waals surface area (Å²) in [4.78, 5) is 19.8. The van der Waals surface area contributed by atoms with Gasteiger partial charge in [-0.05, 0) is 35.4 Å². The Morgan fingerprint density at radius 3 is 1.59 bits per heavy atom. The molecule has 0 N–H and O–H groups in total. The van der Waals surface area contributed by atoms with Crippen LogP contribution in [0.25, 0.3) is 88.0 Å². The number of nitrogens with zero attached hydrogens (tertiary/aromatic N) is 4. The highest BCUT2D eigenvalue weighted by Crippen LogP contribution is 2.42. The van der Waals surface area contributed by atoms with Crippen LogP contribution in [-0.4, -0.2) is 19.9 Å². The van der Waals surface area contributed by atoms with E-state index in [-0.39, 0.29) is 0 Å². The number of hydrogen-bond acceptors (Lipinski definition) is 6. The molecule has 0 atom stereocenters. The van der Waals surface area contributed by atoms with Crippen molar-refractivity contribution in [2.75, 3.05) is 0 Å². The van der Waals surface area contributed by atoms with Crippen molar-refractivity contribution in [3.63, 3.8) is 0 Å². The van der Waals surface area contributed by atoms with Gasteiger partial charge in [0.15, 0.2) is 17.5 Å². The average molecular weight is 609 g/mol. The molecule has 3 aromatic heterocycles. The molecule has 5 nitrogen and oxygen atoms in total. The summed E-state index contributed by atoms with van der Waals surface area (Å²) >= 11 is 1.68. The van der Waals surface area contributed by atoms with Gasteiger partial charge in [0.2, 0.25) is 0 Å². The second-order valence-electron chi connectivity index (χ2n) is 11.1. The number of furan rings is 1. The molecule has 0 aliphatic heterocycles. The van der Waals surface area contributed by atoms with Crippen LogP contribution in [0.2, 0.25) is 0 Å². The van der Waals surface area contributed by atoms with Gasteiger partial charge in [-0.25, -0.2) is 19.9 Å². The second-order valence-corrected chi connectivity index (χ2v) is 12.1. The van der Waals surface area contributed by atoms with E-state index in [4.69, 9.17) is 24.4 Å². The van der Waals surface area contributed by atoms with E-state index in [1.54, 1.807) is 11.3 Å². The fourth-order valence-corrected chi connectivity index (χ4v) is 6.97. The van der Waals surface area contributed by atoms with Crippen LogP contribution in [0.3, 0.4) is 0 Å². The predicted molar refractivity (Wildman–Crippen MR) is 187 cm³/mol. The Kier molecular flexibility index (Phi) is 6.25. The van der Waals surface area contributed by atoms with Crippen molar-refractivity contribution in [1.29, 1.82) is 0 Å². The Morgan fingerprint density at radius 1 is 0.413 bits per heavy atom. The maximum absolute atomic E-state index is 6.77. The van der Waals surface area contributed by atoms with E-state index < -0.39 is 0 Å². The van der Waals surface area contributed by atoms with Crippen molar-refractivity contribution >= 4 is 43.5 Å². The lowest BCUT2D eigenvalue weighted by Gasteiger charge is -2.08. The SMILES string of the molecule is c1ccc(-c2ccc3nc(-c4cccc5c4oc4c(-c6nc(-c7ccccc7)nc(-c7ccccc7)n6)cccc45)sc3c2)cc1. The molecule has 0 saturated carbocycles. The van der Waals surface area contributed by atoms with E-state index in [0.717, 1.165) is 59.4 Å². The highest BCUT2D eigenvalue weighted by molar-refractivity contribution is 7.21. The van der Waals surface area contributed by atoms with E-state index in [0.29, 0.717) is 17.5 Å². The summed E-state index contributed by atoms with van der Waals surface area (Å²) in [5.74, 6) is 1.79. The van der Waals surface area contributed by atoms with E-state index in [9.17, 15) is 0 Å². The van der Waals surface area contributed by atoms with Crippen LogP contribution in [0.4, 0.5) is 0 Å². The number of hydrogen-bond donors (Lipinski definition) is 0. The maximum atomic E-state index is 6.77. The number of benzene rings is 6. The lowest BCUT2D eigenvalue weighted by Crippen LogP contribution is -2.00.